The van der Waals surface area contributed by atoms with E-state index >= 15 is 0 Å². The lowest BCUT2D eigenvalue weighted by atomic mass is 10.2. The van der Waals surface area contributed by atoms with E-state index in [1.165, 1.54) is 5.56 Å². The van der Waals surface area contributed by atoms with Crippen molar-refractivity contribution in [1.82, 2.24) is 9.88 Å². The number of methoxy groups -OCH3 is 1. The SMILES string of the molecule is COc1cccc(NC(=S)N(Cc2ccccc2)Cc2ccncc2)c1. The molecule has 1 aromatic heterocycles. The summed E-state index contributed by atoms with van der Waals surface area (Å²) in [6, 6.07) is 22.1. The van der Waals surface area contributed by atoms with Gasteiger partial charge in [-0.1, -0.05) is 36.4 Å². The number of benzene rings is 2. The zero-order chi connectivity index (χ0) is 18.2. The van der Waals surface area contributed by atoms with Crippen molar-refractivity contribution in [3.63, 3.8) is 0 Å². The lowest BCUT2D eigenvalue weighted by molar-refractivity contribution is 0.411. The topological polar surface area (TPSA) is 37.4 Å². The van der Waals surface area contributed by atoms with E-state index in [4.69, 9.17) is 17.0 Å². The summed E-state index contributed by atoms with van der Waals surface area (Å²) in [5, 5.41) is 3.98. The van der Waals surface area contributed by atoms with Crippen molar-refractivity contribution in [3.05, 3.63) is 90.3 Å². The minimum atomic E-state index is 0.666. The molecule has 4 nitrogen and oxygen atoms in total. The fourth-order valence-electron chi connectivity index (χ4n) is 2.62. The van der Waals surface area contributed by atoms with Crippen molar-refractivity contribution in [2.45, 2.75) is 13.1 Å². The maximum absolute atomic E-state index is 5.69. The molecule has 132 valence electrons. The van der Waals surface area contributed by atoms with Crippen molar-refractivity contribution < 1.29 is 4.74 Å². The summed E-state index contributed by atoms with van der Waals surface area (Å²) in [5.41, 5.74) is 3.27. The first-order valence-corrected chi connectivity index (χ1v) is 8.78. The number of hydrogen-bond acceptors (Lipinski definition) is 3. The van der Waals surface area contributed by atoms with E-state index in [0.717, 1.165) is 23.5 Å². The molecule has 0 fully saturated rings. The second-order valence-electron chi connectivity index (χ2n) is 5.86. The van der Waals surface area contributed by atoms with Crippen LogP contribution < -0.4 is 10.1 Å². The quantitative estimate of drug-likeness (QED) is 0.653. The number of hydrogen-bond donors (Lipinski definition) is 1. The fourth-order valence-corrected chi connectivity index (χ4v) is 2.86. The van der Waals surface area contributed by atoms with Crippen LogP contribution in [0.4, 0.5) is 5.69 Å². The lowest BCUT2D eigenvalue weighted by Crippen LogP contribution is -2.33. The Bertz CT molecular complexity index is 799. The van der Waals surface area contributed by atoms with Crippen molar-refractivity contribution in [2.24, 2.45) is 0 Å². The molecule has 1 heterocycles. The molecule has 0 aliphatic rings. The van der Waals surface area contributed by atoms with Crippen LogP contribution in [0.1, 0.15) is 11.1 Å². The highest BCUT2D eigenvalue weighted by atomic mass is 32.1. The zero-order valence-corrected chi connectivity index (χ0v) is 15.4. The van der Waals surface area contributed by atoms with Crippen LogP contribution in [0.2, 0.25) is 0 Å². The number of ether oxygens (including phenoxy) is 1. The molecule has 0 saturated heterocycles. The fraction of sp³-hybridized carbons (Fsp3) is 0.143. The molecule has 0 amide bonds. The summed E-state index contributed by atoms with van der Waals surface area (Å²) in [6.45, 7) is 1.42. The predicted octanol–water partition coefficient (Wildman–Crippen LogP) is 4.49. The third-order valence-electron chi connectivity index (χ3n) is 3.95. The Morgan fingerprint density at radius 3 is 2.35 bits per heavy atom. The van der Waals surface area contributed by atoms with Crippen molar-refractivity contribution in [2.75, 3.05) is 12.4 Å². The second kappa shape index (κ2) is 8.97. The van der Waals surface area contributed by atoms with Crippen LogP contribution in [0, 0.1) is 0 Å². The van der Waals surface area contributed by atoms with Gasteiger partial charge in [0.15, 0.2) is 5.11 Å². The Labute approximate surface area is 159 Å². The van der Waals surface area contributed by atoms with Gasteiger partial charge < -0.3 is 15.0 Å². The molecule has 0 spiro atoms. The monoisotopic (exact) mass is 363 g/mol. The van der Waals surface area contributed by atoms with E-state index < -0.39 is 0 Å². The van der Waals surface area contributed by atoms with Gasteiger partial charge in [-0.05, 0) is 47.6 Å². The Kier molecular flexibility index (Phi) is 6.17. The number of pyridine rings is 1. The van der Waals surface area contributed by atoms with Gasteiger partial charge in [-0.2, -0.15) is 0 Å². The Morgan fingerprint density at radius 1 is 0.962 bits per heavy atom. The first-order chi connectivity index (χ1) is 12.7. The molecule has 0 radical (unpaired) electrons. The Morgan fingerprint density at radius 2 is 1.65 bits per heavy atom. The number of nitrogens with one attached hydrogen (secondary N) is 1. The summed E-state index contributed by atoms with van der Waals surface area (Å²) in [4.78, 5) is 6.23. The standard InChI is InChI=1S/C21H21N3OS/c1-25-20-9-5-8-19(14-20)23-21(26)24(15-17-6-3-2-4-7-17)16-18-10-12-22-13-11-18/h2-14H,15-16H2,1H3,(H,23,26). The van der Waals surface area contributed by atoms with E-state index in [1.807, 2.05) is 54.6 Å². The molecule has 3 rings (SSSR count). The van der Waals surface area contributed by atoms with Crippen LogP contribution in [0.15, 0.2) is 79.1 Å². The molecule has 2 aromatic carbocycles. The third-order valence-corrected chi connectivity index (χ3v) is 4.31. The number of aromatic nitrogens is 1. The smallest absolute Gasteiger partial charge is 0.174 e. The summed E-state index contributed by atoms with van der Waals surface area (Å²) in [6.07, 6.45) is 3.60. The zero-order valence-electron chi connectivity index (χ0n) is 14.6. The molecule has 0 aliphatic heterocycles. The lowest BCUT2D eigenvalue weighted by Gasteiger charge is -2.26. The normalized spacial score (nSPS) is 10.2. The molecule has 0 aliphatic carbocycles. The summed E-state index contributed by atoms with van der Waals surface area (Å²) in [5.74, 6) is 0.793. The van der Waals surface area contributed by atoms with Gasteiger partial charge in [0, 0.05) is 37.2 Å². The van der Waals surface area contributed by atoms with Crippen LogP contribution in [0.3, 0.4) is 0 Å². The number of rotatable bonds is 6. The van der Waals surface area contributed by atoms with Crippen LogP contribution in [0.5, 0.6) is 5.75 Å². The highest BCUT2D eigenvalue weighted by Gasteiger charge is 2.12. The molecule has 0 bridgehead atoms. The molecule has 0 saturated carbocycles. The van der Waals surface area contributed by atoms with Crippen LogP contribution in [-0.4, -0.2) is 22.1 Å². The Hall–Kier alpha value is -2.92. The minimum absolute atomic E-state index is 0.666. The van der Waals surface area contributed by atoms with Gasteiger partial charge in [-0.25, -0.2) is 0 Å². The molecule has 5 heteroatoms. The minimum Gasteiger partial charge on any atom is -0.497 e. The molecular formula is C21H21N3OS. The van der Waals surface area contributed by atoms with Gasteiger partial charge in [0.05, 0.1) is 7.11 Å². The highest BCUT2D eigenvalue weighted by molar-refractivity contribution is 7.80. The number of nitrogens with zero attached hydrogens (tertiary/aromatic N) is 2. The number of thiocarbonyl (C=S) groups is 1. The van der Waals surface area contributed by atoms with Crippen LogP contribution in [-0.2, 0) is 13.1 Å². The molecule has 0 atom stereocenters. The van der Waals surface area contributed by atoms with E-state index in [0.29, 0.717) is 11.7 Å². The summed E-state index contributed by atoms with van der Waals surface area (Å²) < 4.78 is 5.28. The van der Waals surface area contributed by atoms with Gasteiger partial charge in [0.2, 0.25) is 0 Å². The predicted molar refractivity (Wildman–Crippen MR) is 109 cm³/mol. The van der Waals surface area contributed by atoms with Gasteiger partial charge >= 0.3 is 0 Å². The maximum atomic E-state index is 5.69. The van der Waals surface area contributed by atoms with Gasteiger partial charge in [-0.15, -0.1) is 0 Å². The first kappa shape index (κ1) is 17.9. The molecule has 3 aromatic rings. The molecule has 26 heavy (non-hydrogen) atoms. The van der Waals surface area contributed by atoms with Crippen LogP contribution >= 0.6 is 12.2 Å². The maximum Gasteiger partial charge on any atom is 0.174 e. The van der Waals surface area contributed by atoms with Crippen molar-refractivity contribution in [3.8, 4) is 5.75 Å². The molecule has 1 N–H and O–H groups in total. The van der Waals surface area contributed by atoms with Gasteiger partial charge in [-0.3, -0.25) is 4.98 Å². The molecule has 0 unspecified atom stereocenters. The van der Waals surface area contributed by atoms with E-state index in [2.05, 4.69) is 27.3 Å². The van der Waals surface area contributed by atoms with E-state index in [-0.39, 0.29) is 0 Å². The van der Waals surface area contributed by atoms with Crippen molar-refractivity contribution in [1.29, 1.82) is 0 Å². The van der Waals surface area contributed by atoms with E-state index in [1.54, 1.807) is 19.5 Å². The average molecular weight is 363 g/mol. The Balaban J connectivity index is 1.77. The molecular weight excluding hydrogens is 342 g/mol. The average Bonchev–Trinajstić information content (AvgIpc) is 2.69. The largest absolute Gasteiger partial charge is 0.497 e. The second-order valence-corrected chi connectivity index (χ2v) is 6.25. The number of anilines is 1. The van der Waals surface area contributed by atoms with Crippen molar-refractivity contribution >= 4 is 23.0 Å². The highest BCUT2D eigenvalue weighted by Crippen LogP contribution is 2.18. The third kappa shape index (κ3) is 5.04. The summed E-state index contributed by atoms with van der Waals surface area (Å²) >= 11 is 5.69. The van der Waals surface area contributed by atoms with Gasteiger partial charge in [0.25, 0.3) is 0 Å². The van der Waals surface area contributed by atoms with Gasteiger partial charge in [0.1, 0.15) is 5.75 Å². The first-order valence-electron chi connectivity index (χ1n) is 8.37. The summed E-state index contributed by atoms with van der Waals surface area (Å²) in [7, 11) is 1.66. The van der Waals surface area contributed by atoms with E-state index in [9.17, 15) is 0 Å². The van der Waals surface area contributed by atoms with Crippen LogP contribution in [0.25, 0.3) is 0 Å².